The first-order valence-corrected chi connectivity index (χ1v) is 2.44. The maximum atomic E-state index is 5.35. The van der Waals surface area contributed by atoms with Crippen LogP contribution in [0.2, 0.25) is 0 Å². The molecule has 0 bridgehead atoms. The van der Waals surface area contributed by atoms with E-state index < -0.39 is 0 Å². The summed E-state index contributed by atoms with van der Waals surface area (Å²) in [7, 11) is 0. The summed E-state index contributed by atoms with van der Waals surface area (Å²) in [5.41, 5.74) is 0. The predicted octanol–water partition coefficient (Wildman–Crippen LogP) is 1.92. The second kappa shape index (κ2) is 7.05. The number of hydrogen-bond donors (Lipinski definition) is 1. The van der Waals surface area contributed by atoms with Crippen LogP contribution in [0.15, 0.2) is 36.7 Å². The Morgan fingerprint density at radius 2 is 1.20 bits per heavy atom. The maximum absolute atomic E-state index is 5.35. The van der Waals surface area contributed by atoms with Crippen molar-refractivity contribution in [1.29, 1.82) is 0 Å². The number of allylic oxidation sites excluding steroid dienone is 4. The Morgan fingerprint density at radius 3 is 1.60 bits per heavy atom. The van der Waals surface area contributed by atoms with E-state index in [1.54, 1.807) is 12.4 Å². The molecule has 0 radical (unpaired) electrons. The topological polar surface area (TPSA) is 29.3 Å². The molecule has 0 unspecified atom stereocenters. The molecule has 0 saturated heterocycles. The number of halogens is 2. The van der Waals surface area contributed by atoms with Gasteiger partial charge in [-0.1, -0.05) is 12.2 Å². The van der Waals surface area contributed by atoms with Gasteiger partial charge < -0.3 is 0 Å². The molecule has 0 aromatic heterocycles. The Morgan fingerprint density at radius 1 is 0.800 bits per heavy atom. The SMILES string of the molecule is Br.Br.NN1C=CC=CC=C1. The van der Waals surface area contributed by atoms with E-state index in [4.69, 9.17) is 5.84 Å². The van der Waals surface area contributed by atoms with Crippen LogP contribution in [0.25, 0.3) is 0 Å². The van der Waals surface area contributed by atoms with Gasteiger partial charge in [-0.05, 0) is 12.2 Å². The Hall–Kier alpha value is -0.0600. The molecule has 0 aliphatic carbocycles. The number of nitrogens with two attached hydrogens (primary N) is 1. The van der Waals surface area contributed by atoms with Crippen LogP contribution in [0, 0.1) is 0 Å². The van der Waals surface area contributed by atoms with Gasteiger partial charge in [0.05, 0.1) is 0 Å². The number of hydrazine groups is 1. The van der Waals surface area contributed by atoms with Crippen LogP contribution in [-0.4, -0.2) is 5.01 Å². The van der Waals surface area contributed by atoms with E-state index in [0.717, 1.165) is 0 Å². The summed E-state index contributed by atoms with van der Waals surface area (Å²) in [6.45, 7) is 0. The summed E-state index contributed by atoms with van der Waals surface area (Å²) >= 11 is 0. The van der Waals surface area contributed by atoms with Crippen molar-refractivity contribution in [3.05, 3.63) is 36.7 Å². The average Bonchev–Trinajstić information content (AvgIpc) is 1.94. The first-order chi connectivity index (χ1) is 3.89. The quantitative estimate of drug-likeness (QED) is 0.681. The highest BCUT2D eigenvalue weighted by molar-refractivity contribution is 8.93. The highest BCUT2D eigenvalue weighted by atomic mass is 79.9. The Balaban J connectivity index is 0. The molecule has 10 heavy (non-hydrogen) atoms. The molecule has 1 rings (SSSR count). The molecule has 0 atom stereocenters. The van der Waals surface area contributed by atoms with Crippen LogP contribution in [0.3, 0.4) is 0 Å². The Labute approximate surface area is 81.6 Å². The van der Waals surface area contributed by atoms with Crippen molar-refractivity contribution in [1.82, 2.24) is 5.01 Å². The average molecular weight is 270 g/mol. The minimum atomic E-state index is 0. The minimum absolute atomic E-state index is 0. The molecule has 4 heteroatoms. The van der Waals surface area contributed by atoms with Gasteiger partial charge in [-0.15, -0.1) is 34.0 Å². The van der Waals surface area contributed by atoms with Crippen molar-refractivity contribution >= 4 is 34.0 Å². The molecule has 58 valence electrons. The third-order valence-corrected chi connectivity index (χ3v) is 0.850. The summed E-state index contributed by atoms with van der Waals surface area (Å²) < 4.78 is 0. The lowest BCUT2D eigenvalue weighted by molar-refractivity contribution is 0.541. The van der Waals surface area contributed by atoms with Crippen molar-refractivity contribution in [3.63, 3.8) is 0 Å². The molecule has 2 N–H and O–H groups in total. The van der Waals surface area contributed by atoms with Gasteiger partial charge in [0.15, 0.2) is 0 Å². The van der Waals surface area contributed by atoms with E-state index in [-0.39, 0.29) is 34.0 Å². The molecular weight excluding hydrogens is 260 g/mol. The van der Waals surface area contributed by atoms with Gasteiger partial charge in [-0.25, -0.2) is 5.84 Å². The van der Waals surface area contributed by atoms with Crippen molar-refractivity contribution in [2.45, 2.75) is 0 Å². The third-order valence-electron chi connectivity index (χ3n) is 0.850. The standard InChI is InChI=1S/C6H8N2.2BrH/c7-8-5-3-1-2-4-6-8;;/h1-6H,7H2;2*1H. The van der Waals surface area contributed by atoms with E-state index in [2.05, 4.69) is 0 Å². The van der Waals surface area contributed by atoms with Gasteiger partial charge in [0.1, 0.15) is 0 Å². The fraction of sp³-hybridized carbons (Fsp3) is 0. The molecule has 0 fully saturated rings. The van der Waals surface area contributed by atoms with E-state index in [0.29, 0.717) is 0 Å². The van der Waals surface area contributed by atoms with E-state index in [9.17, 15) is 0 Å². The molecule has 0 spiro atoms. The largest absolute Gasteiger partial charge is 0.294 e. The first kappa shape index (κ1) is 12.6. The van der Waals surface area contributed by atoms with Crippen molar-refractivity contribution < 1.29 is 0 Å². The van der Waals surface area contributed by atoms with Crippen LogP contribution in [0.4, 0.5) is 0 Å². The zero-order valence-electron chi connectivity index (χ0n) is 5.31. The van der Waals surface area contributed by atoms with Crippen LogP contribution < -0.4 is 5.84 Å². The number of rotatable bonds is 0. The molecule has 1 aliphatic rings. The Kier molecular flexibility index (Phi) is 8.89. The fourth-order valence-corrected chi connectivity index (χ4v) is 0.476. The zero-order valence-corrected chi connectivity index (χ0v) is 8.73. The van der Waals surface area contributed by atoms with Gasteiger partial charge in [0, 0.05) is 12.4 Å². The monoisotopic (exact) mass is 268 g/mol. The summed E-state index contributed by atoms with van der Waals surface area (Å²) in [6, 6.07) is 0. The van der Waals surface area contributed by atoms with Crippen molar-refractivity contribution in [2.75, 3.05) is 0 Å². The second-order valence-electron chi connectivity index (χ2n) is 1.52. The van der Waals surface area contributed by atoms with Gasteiger partial charge in [-0.2, -0.15) is 0 Å². The van der Waals surface area contributed by atoms with Crippen molar-refractivity contribution in [3.8, 4) is 0 Å². The molecule has 2 nitrogen and oxygen atoms in total. The lowest BCUT2D eigenvalue weighted by Crippen LogP contribution is -2.16. The van der Waals surface area contributed by atoms with E-state index in [1.807, 2.05) is 24.3 Å². The summed E-state index contributed by atoms with van der Waals surface area (Å²) in [5, 5.41) is 1.50. The normalized spacial score (nSPS) is 13.5. The minimum Gasteiger partial charge on any atom is -0.294 e. The molecule has 1 aliphatic heterocycles. The Bertz CT molecular complexity index is 136. The van der Waals surface area contributed by atoms with E-state index >= 15 is 0 Å². The summed E-state index contributed by atoms with van der Waals surface area (Å²) in [4.78, 5) is 0. The van der Waals surface area contributed by atoms with Crippen LogP contribution >= 0.6 is 34.0 Å². The van der Waals surface area contributed by atoms with Gasteiger partial charge in [0.25, 0.3) is 0 Å². The zero-order chi connectivity index (χ0) is 5.82. The highest BCUT2D eigenvalue weighted by Crippen LogP contribution is 1.89. The molecule has 0 aromatic rings. The highest BCUT2D eigenvalue weighted by Gasteiger charge is 1.80. The summed E-state index contributed by atoms with van der Waals surface area (Å²) in [5.74, 6) is 5.35. The first-order valence-electron chi connectivity index (χ1n) is 2.44. The maximum Gasteiger partial charge on any atom is 0.0206 e. The van der Waals surface area contributed by atoms with Crippen molar-refractivity contribution in [2.24, 2.45) is 5.84 Å². The lowest BCUT2D eigenvalue weighted by Gasteiger charge is -2.02. The van der Waals surface area contributed by atoms with Crippen LogP contribution in [0.5, 0.6) is 0 Å². The lowest BCUT2D eigenvalue weighted by atomic mass is 10.5. The molecule has 0 aromatic carbocycles. The van der Waals surface area contributed by atoms with Crippen LogP contribution in [-0.2, 0) is 0 Å². The smallest absolute Gasteiger partial charge is 0.0206 e. The fourth-order valence-electron chi connectivity index (χ4n) is 0.476. The number of hydrogen-bond acceptors (Lipinski definition) is 2. The predicted molar refractivity (Wildman–Crippen MR) is 54.1 cm³/mol. The van der Waals surface area contributed by atoms with Gasteiger partial charge >= 0.3 is 0 Å². The van der Waals surface area contributed by atoms with Gasteiger partial charge in [-0.3, -0.25) is 5.01 Å². The molecule has 1 heterocycles. The van der Waals surface area contributed by atoms with Gasteiger partial charge in [0.2, 0.25) is 0 Å². The second-order valence-corrected chi connectivity index (χ2v) is 1.52. The third kappa shape index (κ3) is 4.78. The number of nitrogens with zero attached hydrogens (tertiary/aromatic N) is 1. The van der Waals surface area contributed by atoms with Crippen LogP contribution in [0.1, 0.15) is 0 Å². The molecule has 0 saturated carbocycles. The molecule has 0 amide bonds. The molecular formula is C6H10Br2N2. The summed E-state index contributed by atoms with van der Waals surface area (Å²) in [6.07, 6.45) is 11.1. The van der Waals surface area contributed by atoms with E-state index in [1.165, 1.54) is 5.01 Å².